The number of anilines is 4. The van der Waals surface area contributed by atoms with E-state index in [1.54, 1.807) is 30.7 Å². The number of aromatic nitrogens is 4. The van der Waals surface area contributed by atoms with Gasteiger partial charge in [0.15, 0.2) is 0 Å². The maximum absolute atomic E-state index is 14.7. The molecule has 1 aliphatic rings. The summed E-state index contributed by atoms with van der Waals surface area (Å²) in [6.07, 6.45) is 4.98. The number of nitrogens with zero attached hydrogens (tertiary/aromatic N) is 5. The molecule has 1 amide bonds. The number of halogens is 1. The zero-order chi connectivity index (χ0) is 23.5. The van der Waals surface area contributed by atoms with Crippen LogP contribution in [0.5, 0.6) is 0 Å². The molecular formula is C24H23FN8O. The first kappa shape index (κ1) is 21.7. The number of hydrogen-bond donors (Lipinski definition) is 3. The Morgan fingerprint density at radius 2 is 1.85 bits per heavy atom. The third-order valence-electron chi connectivity index (χ3n) is 5.49. The molecule has 0 radical (unpaired) electrons. The minimum absolute atomic E-state index is 0.239. The topological polar surface area (TPSA) is 108 Å². The van der Waals surface area contributed by atoms with Gasteiger partial charge in [-0.15, -0.1) is 0 Å². The summed E-state index contributed by atoms with van der Waals surface area (Å²) in [5.41, 5.74) is 2.31. The Bertz CT molecular complexity index is 1340. The predicted octanol–water partition coefficient (Wildman–Crippen LogP) is 3.34. The number of benzene rings is 1. The van der Waals surface area contributed by atoms with E-state index in [1.165, 1.54) is 19.1 Å². The molecule has 0 saturated carbocycles. The van der Waals surface area contributed by atoms with Gasteiger partial charge in [0.25, 0.3) is 0 Å². The number of carbonyl (C=O) groups excluding carboxylic acids is 1. The molecule has 0 spiro atoms. The Kier molecular flexibility index (Phi) is 5.96. The van der Waals surface area contributed by atoms with Gasteiger partial charge < -0.3 is 20.9 Å². The minimum atomic E-state index is -0.463. The van der Waals surface area contributed by atoms with Crippen molar-refractivity contribution in [3.05, 3.63) is 60.8 Å². The lowest BCUT2D eigenvalue weighted by Crippen LogP contribution is -2.43. The van der Waals surface area contributed by atoms with Gasteiger partial charge >= 0.3 is 0 Å². The second-order valence-electron chi connectivity index (χ2n) is 7.93. The van der Waals surface area contributed by atoms with Gasteiger partial charge in [0.05, 0.1) is 17.6 Å². The summed E-state index contributed by atoms with van der Waals surface area (Å²) < 4.78 is 14.7. The van der Waals surface area contributed by atoms with E-state index in [0.29, 0.717) is 28.2 Å². The summed E-state index contributed by atoms with van der Waals surface area (Å²) in [6, 6.07) is 10.0. The predicted molar refractivity (Wildman–Crippen MR) is 130 cm³/mol. The van der Waals surface area contributed by atoms with Crippen molar-refractivity contribution >= 4 is 40.0 Å². The smallest absolute Gasteiger partial charge is 0.227 e. The van der Waals surface area contributed by atoms with Gasteiger partial charge in [-0.2, -0.15) is 0 Å². The average Bonchev–Trinajstić information content (AvgIpc) is 2.86. The van der Waals surface area contributed by atoms with Crippen molar-refractivity contribution in [2.75, 3.05) is 41.7 Å². The highest BCUT2D eigenvalue weighted by atomic mass is 19.1. The monoisotopic (exact) mass is 458 g/mol. The van der Waals surface area contributed by atoms with Crippen molar-refractivity contribution in [2.24, 2.45) is 0 Å². The Labute approximate surface area is 195 Å². The van der Waals surface area contributed by atoms with Crippen LogP contribution in [0.1, 0.15) is 6.92 Å². The van der Waals surface area contributed by atoms with Crippen LogP contribution in [0.15, 0.2) is 55.0 Å². The van der Waals surface area contributed by atoms with Gasteiger partial charge in [0, 0.05) is 62.1 Å². The standard InChI is InChI=1S/C24H23FN8O/c1-15(34)30-17-2-4-20(25)19(12-17)23-22-16(6-7-27-23)13-29-24(32-22)31-18-3-5-21(28-14-18)33-10-8-26-9-11-33/h2-7,12-14,26H,8-11H2,1H3,(H,30,34)(H,29,31,32). The van der Waals surface area contributed by atoms with Crippen LogP contribution in [-0.2, 0) is 4.79 Å². The van der Waals surface area contributed by atoms with E-state index in [9.17, 15) is 9.18 Å². The molecule has 1 aliphatic heterocycles. The van der Waals surface area contributed by atoms with Crippen LogP contribution in [-0.4, -0.2) is 52.0 Å². The van der Waals surface area contributed by atoms with Crippen molar-refractivity contribution in [1.82, 2.24) is 25.3 Å². The first-order chi connectivity index (χ1) is 16.6. The number of pyridine rings is 2. The molecule has 4 aromatic rings. The van der Waals surface area contributed by atoms with Crippen molar-refractivity contribution in [1.29, 1.82) is 0 Å². The molecule has 3 N–H and O–H groups in total. The second kappa shape index (κ2) is 9.36. The number of fused-ring (bicyclic) bond motifs is 1. The molecule has 1 fully saturated rings. The summed E-state index contributed by atoms with van der Waals surface area (Å²) in [5.74, 6) is 0.563. The molecule has 172 valence electrons. The molecule has 0 unspecified atom stereocenters. The van der Waals surface area contributed by atoms with Crippen LogP contribution in [0.3, 0.4) is 0 Å². The van der Waals surface area contributed by atoms with Gasteiger partial charge in [-0.25, -0.2) is 19.3 Å². The van der Waals surface area contributed by atoms with Gasteiger partial charge in [0.2, 0.25) is 11.9 Å². The van der Waals surface area contributed by atoms with Gasteiger partial charge in [-0.05, 0) is 36.4 Å². The molecule has 1 saturated heterocycles. The fraction of sp³-hybridized carbons (Fsp3) is 0.208. The van der Waals surface area contributed by atoms with Crippen molar-refractivity contribution in [2.45, 2.75) is 6.92 Å². The van der Waals surface area contributed by atoms with E-state index < -0.39 is 5.82 Å². The zero-order valence-electron chi connectivity index (χ0n) is 18.5. The van der Waals surface area contributed by atoms with E-state index in [4.69, 9.17) is 0 Å². The molecule has 5 rings (SSSR count). The van der Waals surface area contributed by atoms with E-state index in [0.717, 1.165) is 37.7 Å². The summed E-state index contributed by atoms with van der Waals surface area (Å²) in [6.45, 7) is 5.12. The molecule has 4 heterocycles. The lowest BCUT2D eigenvalue weighted by Gasteiger charge is -2.28. The lowest BCUT2D eigenvalue weighted by molar-refractivity contribution is -0.114. The van der Waals surface area contributed by atoms with Gasteiger partial charge in [-0.1, -0.05) is 0 Å². The third-order valence-corrected chi connectivity index (χ3v) is 5.49. The van der Waals surface area contributed by atoms with Crippen molar-refractivity contribution in [3.63, 3.8) is 0 Å². The third kappa shape index (κ3) is 4.62. The molecule has 0 bridgehead atoms. The Balaban J connectivity index is 1.45. The highest BCUT2D eigenvalue weighted by Crippen LogP contribution is 2.30. The molecule has 0 atom stereocenters. The molecule has 9 nitrogen and oxygen atoms in total. The Morgan fingerprint density at radius 3 is 2.62 bits per heavy atom. The van der Waals surface area contributed by atoms with Crippen LogP contribution < -0.4 is 20.9 Å². The molecule has 0 aliphatic carbocycles. The van der Waals surface area contributed by atoms with Crippen LogP contribution in [0.4, 0.5) is 27.5 Å². The largest absolute Gasteiger partial charge is 0.354 e. The van der Waals surface area contributed by atoms with Crippen LogP contribution in [0.2, 0.25) is 0 Å². The normalized spacial score (nSPS) is 13.6. The van der Waals surface area contributed by atoms with E-state index in [1.807, 2.05) is 12.1 Å². The molecular weight excluding hydrogens is 435 g/mol. The SMILES string of the molecule is CC(=O)Nc1ccc(F)c(-c2nccc3cnc(Nc4ccc(N5CCNCC5)nc4)nc23)c1. The maximum atomic E-state index is 14.7. The van der Waals surface area contributed by atoms with Crippen LogP contribution in [0, 0.1) is 5.82 Å². The lowest BCUT2D eigenvalue weighted by atomic mass is 10.1. The number of rotatable bonds is 5. The maximum Gasteiger partial charge on any atom is 0.227 e. The molecule has 10 heteroatoms. The summed E-state index contributed by atoms with van der Waals surface area (Å²) in [7, 11) is 0. The Hall–Kier alpha value is -4.18. The average molecular weight is 459 g/mol. The highest BCUT2D eigenvalue weighted by Gasteiger charge is 2.15. The molecule has 3 aromatic heterocycles. The first-order valence-electron chi connectivity index (χ1n) is 10.9. The zero-order valence-corrected chi connectivity index (χ0v) is 18.5. The van der Waals surface area contributed by atoms with Crippen molar-refractivity contribution < 1.29 is 9.18 Å². The fourth-order valence-corrected chi connectivity index (χ4v) is 3.87. The number of hydrogen-bond acceptors (Lipinski definition) is 8. The Morgan fingerprint density at radius 1 is 1.03 bits per heavy atom. The number of amides is 1. The van der Waals surface area contributed by atoms with E-state index >= 15 is 0 Å². The summed E-state index contributed by atoms with van der Waals surface area (Å²) in [4.78, 5) is 31.6. The van der Waals surface area contributed by atoms with Crippen LogP contribution in [0.25, 0.3) is 22.2 Å². The molecule has 1 aromatic carbocycles. The van der Waals surface area contributed by atoms with Gasteiger partial charge in [0.1, 0.15) is 17.2 Å². The van der Waals surface area contributed by atoms with E-state index in [2.05, 4.69) is 40.8 Å². The molecule has 34 heavy (non-hydrogen) atoms. The summed E-state index contributed by atoms with van der Waals surface area (Å²) in [5, 5.41) is 9.88. The highest BCUT2D eigenvalue weighted by molar-refractivity contribution is 5.94. The van der Waals surface area contributed by atoms with Gasteiger partial charge in [-0.3, -0.25) is 9.78 Å². The van der Waals surface area contributed by atoms with E-state index in [-0.39, 0.29) is 11.5 Å². The quantitative estimate of drug-likeness (QED) is 0.418. The number of piperazine rings is 1. The minimum Gasteiger partial charge on any atom is -0.354 e. The second-order valence-corrected chi connectivity index (χ2v) is 7.93. The number of nitrogens with one attached hydrogen (secondary N) is 3. The summed E-state index contributed by atoms with van der Waals surface area (Å²) >= 11 is 0. The van der Waals surface area contributed by atoms with Crippen molar-refractivity contribution in [3.8, 4) is 11.3 Å². The fourth-order valence-electron chi connectivity index (χ4n) is 3.87. The number of carbonyl (C=O) groups is 1. The first-order valence-corrected chi connectivity index (χ1v) is 10.9. The van der Waals surface area contributed by atoms with Crippen LogP contribution >= 0.6 is 0 Å².